The summed E-state index contributed by atoms with van der Waals surface area (Å²) in [6.07, 6.45) is 2.92. The number of hydrogen-bond acceptors (Lipinski definition) is 4. The van der Waals surface area contributed by atoms with Crippen LogP contribution in [0.3, 0.4) is 0 Å². The maximum Gasteiger partial charge on any atom is 0.335 e. The van der Waals surface area contributed by atoms with Crippen LogP contribution in [0, 0.1) is 5.41 Å². The van der Waals surface area contributed by atoms with Gasteiger partial charge in [0.25, 0.3) is 0 Å². The van der Waals surface area contributed by atoms with Crippen molar-refractivity contribution in [3.8, 4) is 0 Å². The quantitative estimate of drug-likeness (QED) is 0.901. The van der Waals surface area contributed by atoms with Gasteiger partial charge < -0.3 is 19.5 Å². The molecule has 1 aromatic carbocycles. The van der Waals surface area contributed by atoms with E-state index in [9.17, 15) is 9.59 Å². The first-order chi connectivity index (χ1) is 12.1. The van der Waals surface area contributed by atoms with Crippen molar-refractivity contribution in [3.05, 3.63) is 35.4 Å². The number of carboxylic acid groups (broad SMARTS) is 1. The van der Waals surface area contributed by atoms with Crippen LogP contribution in [0.1, 0.15) is 35.2 Å². The summed E-state index contributed by atoms with van der Waals surface area (Å²) >= 11 is 0. The molecule has 0 bridgehead atoms. The maximum absolute atomic E-state index is 12.7. The number of aryl methyl sites for hydroxylation is 1. The molecular weight excluding hydrogens is 322 g/mol. The molecule has 136 valence electrons. The molecule has 1 amide bonds. The molecule has 2 aliphatic rings. The van der Waals surface area contributed by atoms with Crippen LogP contribution in [-0.2, 0) is 20.7 Å². The Balaban J connectivity index is 1.57. The summed E-state index contributed by atoms with van der Waals surface area (Å²) in [6.45, 7) is 4.15. The summed E-state index contributed by atoms with van der Waals surface area (Å²) in [5, 5.41) is 8.93. The number of aromatic carboxylic acids is 1. The van der Waals surface area contributed by atoms with Gasteiger partial charge in [-0.15, -0.1) is 0 Å². The van der Waals surface area contributed by atoms with Gasteiger partial charge in [0.05, 0.1) is 18.8 Å². The van der Waals surface area contributed by atoms with Gasteiger partial charge >= 0.3 is 5.97 Å². The Labute approximate surface area is 147 Å². The highest BCUT2D eigenvalue weighted by atomic mass is 16.5. The lowest BCUT2D eigenvalue weighted by Gasteiger charge is -2.38. The Morgan fingerprint density at radius 3 is 2.48 bits per heavy atom. The molecular formula is C19H25NO5. The van der Waals surface area contributed by atoms with E-state index in [0.29, 0.717) is 32.6 Å². The van der Waals surface area contributed by atoms with Gasteiger partial charge in [-0.1, -0.05) is 12.1 Å². The van der Waals surface area contributed by atoms with Crippen molar-refractivity contribution in [2.75, 3.05) is 39.5 Å². The lowest BCUT2D eigenvalue weighted by molar-refractivity contribution is -0.133. The fraction of sp³-hybridized carbons (Fsp3) is 0.579. The molecule has 0 radical (unpaired) electrons. The number of rotatable bonds is 4. The fourth-order valence-electron chi connectivity index (χ4n) is 3.54. The molecule has 0 atom stereocenters. The number of hydrogen-bond donors (Lipinski definition) is 1. The van der Waals surface area contributed by atoms with Crippen molar-refractivity contribution in [3.63, 3.8) is 0 Å². The van der Waals surface area contributed by atoms with Crippen molar-refractivity contribution in [1.82, 2.24) is 4.90 Å². The summed E-state index contributed by atoms with van der Waals surface area (Å²) < 4.78 is 11.2. The molecule has 0 aromatic heterocycles. The average molecular weight is 347 g/mol. The summed E-state index contributed by atoms with van der Waals surface area (Å²) in [5.74, 6) is -0.798. The Morgan fingerprint density at radius 1 is 1.08 bits per heavy atom. The minimum atomic E-state index is -0.936. The second-order valence-corrected chi connectivity index (χ2v) is 6.98. The number of amides is 1. The molecule has 6 nitrogen and oxygen atoms in total. The van der Waals surface area contributed by atoms with E-state index in [-0.39, 0.29) is 16.9 Å². The first-order valence-corrected chi connectivity index (χ1v) is 8.84. The van der Waals surface area contributed by atoms with Gasteiger partial charge in [-0.05, 0) is 37.0 Å². The Morgan fingerprint density at radius 2 is 1.80 bits per heavy atom. The molecule has 6 heteroatoms. The zero-order valence-electron chi connectivity index (χ0n) is 14.4. The minimum absolute atomic E-state index is 0.0353. The number of carboxylic acids is 1. The van der Waals surface area contributed by atoms with Crippen LogP contribution in [0.15, 0.2) is 24.3 Å². The first-order valence-electron chi connectivity index (χ1n) is 8.84. The summed E-state index contributed by atoms with van der Waals surface area (Å²) in [7, 11) is 0. The maximum atomic E-state index is 12.7. The molecule has 1 spiro atoms. The largest absolute Gasteiger partial charge is 0.478 e. The third-order valence-corrected chi connectivity index (χ3v) is 5.17. The SMILES string of the molecule is O=C(O)c1ccc(CCC(=O)N2CCOCC3(CCOCC3)C2)cc1. The van der Waals surface area contributed by atoms with Crippen LogP contribution in [0.25, 0.3) is 0 Å². The predicted octanol–water partition coefficient (Wildman–Crippen LogP) is 1.97. The van der Waals surface area contributed by atoms with Gasteiger partial charge in [-0.2, -0.15) is 0 Å². The number of carbonyl (C=O) groups is 2. The molecule has 1 N–H and O–H groups in total. The molecule has 2 saturated heterocycles. The Hall–Kier alpha value is -1.92. The highest BCUT2D eigenvalue weighted by Gasteiger charge is 2.37. The van der Waals surface area contributed by atoms with Crippen LogP contribution < -0.4 is 0 Å². The second-order valence-electron chi connectivity index (χ2n) is 6.98. The number of nitrogens with zero attached hydrogens (tertiary/aromatic N) is 1. The van der Waals surface area contributed by atoms with Gasteiger partial charge in [0.1, 0.15) is 0 Å². The van der Waals surface area contributed by atoms with Gasteiger partial charge in [0.15, 0.2) is 0 Å². The summed E-state index contributed by atoms with van der Waals surface area (Å²) in [6, 6.07) is 6.72. The fourth-order valence-corrected chi connectivity index (χ4v) is 3.54. The summed E-state index contributed by atoms with van der Waals surface area (Å²) in [4.78, 5) is 25.5. The van der Waals surface area contributed by atoms with Gasteiger partial charge in [-0.3, -0.25) is 4.79 Å². The molecule has 0 saturated carbocycles. The third-order valence-electron chi connectivity index (χ3n) is 5.17. The van der Waals surface area contributed by atoms with Crippen LogP contribution in [0.5, 0.6) is 0 Å². The molecule has 1 aromatic rings. The lowest BCUT2D eigenvalue weighted by atomic mass is 9.80. The van der Waals surface area contributed by atoms with Crippen molar-refractivity contribution in [2.45, 2.75) is 25.7 Å². The van der Waals surface area contributed by atoms with Gasteiger partial charge in [0.2, 0.25) is 5.91 Å². The number of benzene rings is 1. The summed E-state index contributed by atoms with van der Waals surface area (Å²) in [5.41, 5.74) is 1.28. The second kappa shape index (κ2) is 7.97. The molecule has 25 heavy (non-hydrogen) atoms. The number of ether oxygens (including phenoxy) is 2. The van der Waals surface area contributed by atoms with E-state index in [1.165, 1.54) is 0 Å². The van der Waals surface area contributed by atoms with E-state index in [4.69, 9.17) is 14.6 Å². The molecule has 2 fully saturated rings. The molecule has 2 aliphatic heterocycles. The van der Waals surface area contributed by atoms with Crippen LogP contribution in [0.2, 0.25) is 0 Å². The van der Waals surface area contributed by atoms with Crippen molar-refractivity contribution >= 4 is 11.9 Å². The van der Waals surface area contributed by atoms with Crippen LogP contribution in [0.4, 0.5) is 0 Å². The van der Waals surface area contributed by atoms with E-state index in [1.54, 1.807) is 24.3 Å². The van der Waals surface area contributed by atoms with Crippen molar-refractivity contribution in [1.29, 1.82) is 0 Å². The van der Waals surface area contributed by atoms with E-state index in [0.717, 1.165) is 38.2 Å². The topological polar surface area (TPSA) is 76.1 Å². The minimum Gasteiger partial charge on any atom is -0.478 e. The van der Waals surface area contributed by atoms with E-state index in [1.807, 2.05) is 4.90 Å². The molecule has 2 heterocycles. The van der Waals surface area contributed by atoms with Crippen LogP contribution >= 0.6 is 0 Å². The zero-order valence-corrected chi connectivity index (χ0v) is 14.4. The van der Waals surface area contributed by atoms with Crippen LogP contribution in [-0.4, -0.2) is 61.4 Å². The Kier molecular flexibility index (Phi) is 5.71. The molecule has 0 aliphatic carbocycles. The molecule has 3 rings (SSSR count). The van der Waals surface area contributed by atoms with E-state index in [2.05, 4.69) is 0 Å². The zero-order chi connectivity index (χ0) is 17.7. The Bertz CT molecular complexity index is 607. The van der Waals surface area contributed by atoms with Gasteiger partial charge in [0, 0.05) is 38.1 Å². The normalized spacial score (nSPS) is 20.2. The lowest BCUT2D eigenvalue weighted by Crippen LogP contribution is -2.44. The number of carbonyl (C=O) groups excluding carboxylic acids is 1. The molecule has 0 unspecified atom stereocenters. The average Bonchev–Trinajstić information content (AvgIpc) is 2.83. The highest BCUT2D eigenvalue weighted by molar-refractivity contribution is 5.87. The van der Waals surface area contributed by atoms with Crippen molar-refractivity contribution < 1.29 is 24.2 Å². The third kappa shape index (κ3) is 4.58. The smallest absolute Gasteiger partial charge is 0.335 e. The predicted molar refractivity (Wildman–Crippen MR) is 91.6 cm³/mol. The monoisotopic (exact) mass is 347 g/mol. The van der Waals surface area contributed by atoms with E-state index < -0.39 is 5.97 Å². The highest BCUT2D eigenvalue weighted by Crippen LogP contribution is 2.33. The van der Waals surface area contributed by atoms with Gasteiger partial charge in [-0.25, -0.2) is 4.79 Å². The van der Waals surface area contributed by atoms with Crippen molar-refractivity contribution in [2.24, 2.45) is 5.41 Å². The van der Waals surface area contributed by atoms with E-state index >= 15 is 0 Å². The standard InChI is InChI=1S/C19H25NO5/c21-17(6-3-15-1-4-16(5-2-15)18(22)23)20-9-12-25-14-19(13-20)7-10-24-11-8-19/h1-2,4-5H,3,6-14H2,(H,22,23). The first kappa shape index (κ1) is 17.9.